The molecule has 0 unspecified atom stereocenters. The average Bonchev–Trinajstić information content (AvgIpc) is 2.95. The summed E-state index contributed by atoms with van der Waals surface area (Å²) >= 11 is 1.45. The van der Waals surface area contributed by atoms with Crippen LogP contribution in [0.3, 0.4) is 0 Å². The lowest BCUT2D eigenvalue weighted by molar-refractivity contribution is -0.156. The topological polar surface area (TPSA) is 66.4 Å². The summed E-state index contributed by atoms with van der Waals surface area (Å²) in [6.07, 6.45) is 0. The van der Waals surface area contributed by atoms with Crippen LogP contribution in [-0.2, 0) is 22.7 Å². The third-order valence-corrected chi connectivity index (χ3v) is 4.70. The Hall–Kier alpha value is -2.28. The first-order valence-electron chi connectivity index (χ1n) is 7.46. The molecule has 1 saturated heterocycles. The fraction of sp³-hybridized carbons (Fsp3) is 0.375. The van der Waals surface area contributed by atoms with E-state index in [2.05, 4.69) is 10.2 Å². The van der Waals surface area contributed by atoms with Gasteiger partial charge in [0, 0.05) is 6.54 Å². The Balaban J connectivity index is 1.71. The third kappa shape index (κ3) is 3.39. The molecule has 1 aliphatic rings. The highest BCUT2D eigenvalue weighted by molar-refractivity contribution is 7.11. The predicted octanol–water partition coefficient (Wildman–Crippen LogP) is 1.61. The van der Waals surface area contributed by atoms with Gasteiger partial charge in [-0.1, -0.05) is 41.7 Å². The van der Waals surface area contributed by atoms with Gasteiger partial charge in [-0.25, -0.2) is 0 Å². The van der Waals surface area contributed by atoms with E-state index < -0.39 is 6.04 Å². The first-order chi connectivity index (χ1) is 11.0. The van der Waals surface area contributed by atoms with Gasteiger partial charge in [0.05, 0.1) is 6.54 Å². The molecule has 0 aliphatic carbocycles. The molecule has 1 aliphatic heterocycles. The van der Waals surface area contributed by atoms with E-state index in [4.69, 9.17) is 0 Å². The second kappa shape index (κ2) is 6.45. The summed E-state index contributed by atoms with van der Waals surface area (Å²) in [7, 11) is 0. The van der Waals surface area contributed by atoms with E-state index in [1.165, 1.54) is 11.3 Å². The molecule has 1 fully saturated rings. The van der Waals surface area contributed by atoms with Gasteiger partial charge in [-0.3, -0.25) is 9.59 Å². The van der Waals surface area contributed by atoms with Crippen LogP contribution in [0.1, 0.15) is 22.5 Å². The van der Waals surface area contributed by atoms with Crippen LogP contribution in [-0.4, -0.2) is 44.4 Å². The van der Waals surface area contributed by atoms with E-state index in [9.17, 15) is 9.59 Å². The van der Waals surface area contributed by atoms with Crippen molar-refractivity contribution in [2.45, 2.75) is 33.0 Å². The Morgan fingerprint density at radius 2 is 1.91 bits per heavy atom. The third-order valence-electron chi connectivity index (χ3n) is 3.87. The zero-order valence-electron chi connectivity index (χ0n) is 13.1. The summed E-state index contributed by atoms with van der Waals surface area (Å²) in [4.78, 5) is 28.2. The van der Waals surface area contributed by atoms with E-state index in [0.717, 1.165) is 15.6 Å². The predicted molar refractivity (Wildman–Crippen MR) is 86.5 cm³/mol. The monoisotopic (exact) mass is 330 g/mol. The summed E-state index contributed by atoms with van der Waals surface area (Å²) in [6, 6.07) is 9.22. The largest absolute Gasteiger partial charge is 0.327 e. The van der Waals surface area contributed by atoms with Gasteiger partial charge in [-0.2, -0.15) is 0 Å². The van der Waals surface area contributed by atoms with Crippen LogP contribution in [0.2, 0.25) is 0 Å². The molecule has 0 radical (unpaired) electrons. The Labute approximate surface area is 138 Å². The molecule has 0 saturated carbocycles. The van der Waals surface area contributed by atoms with Crippen LogP contribution in [0, 0.1) is 6.92 Å². The second-order valence-electron chi connectivity index (χ2n) is 5.59. The SMILES string of the molecule is Cc1nnc(CN2C(=O)CN(Cc3ccccc3)C(=O)[C@@H]2C)s1. The smallest absolute Gasteiger partial charge is 0.245 e. The molecule has 1 aromatic heterocycles. The molecule has 3 rings (SSSR count). The summed E-state index contributed by atoms with van der Waals surface area (Å²) in [6.45, 7) is 4.55. The number of carbonyl (C=O) groups excluding carboxylic acids is 2. The minimum Gasteiger partial charge on any atom is -0.327 e. The van der Waals surface area contributed by atoms with Gasteiger partial charge in [-0.15, -0.1) is 10.2 Å². The van der Waals surface area contributed by atoms with Crippen molar-refractivity contribution in [1.29, 1.82) is 0 Å². The number of amides is 2. The molecule has 2 heterocycles. The zero-order valence-corrected chi connectivity index (χ0v) is 13.9. The highest BCUT2D eigenvalue weighted by Gasteiger charge is 2.36. The number of piperazine rings is 1. The van der Waals surface area contributed by atoms with Crippen molar-refractivity contribution in [2.75, 3.05) is 6.54 Å². The molecular weight excluding hydrogens is 312 g/mol. The first kappa shape index (κ1) is 15.6. The average molecular weight is 330 g/mol. The van der Waals surface area contributed by atoms with Crippen molar-refractivity contribution in [1.82, 2.24) is 20.0 Å². The lowest BCUT2D eigenvalue weighted by Gasteiger charge is -2.38. The number of aromatic nitrogens is 2. The second-order valence-corrected chi connectivity index (χ2v) is 6.86. The van der Waals surface area contributed by atoms with Gasteiger partial charge in [0.1, 0.15) is 22.6 Å². The highest BCUT2D eigenvalue weighted by atomic mass is 32.1. The Bertz CT molecular complexity index is 716. The van der Waals surface area contributed by atoms with Crippen LogP contribution < -0.4 is 0 Å². The molecule has 0 spiro atoms. The van der Waals surface area contributed by atoms with E-state index >= 15 is 0 Å². The quantitative estimate of drug-likeness (QED) is 0.854. The number of hydrogen-bond donors (Lipinski definition) is 0. The maximum atomic E-state index is 12.6. The van der Waals surface area contributed by atoms with Crippen molar-refractivity contribution in [2.24, 2.45) is 0 Å². The lowest BCUT2D eigenvalue weighted by atomic mass is 10.1. The molecule has 7 heteroatoms. The molecule has 23 heavy (non-hydrogen) atoms. The molecule has 0 N–H and O–H groups in total. The van der Waals surface area contributed by atoms with E-state index in [1.54, 1.807) is 16.7 Å². The number of rotatable bonds is 4. The van der Waals surface area contributed by atoms with Gasteiger partial charge in [0.2, 0.25) is 11.8 Å². The molecule has 120 valence electrons. The van der Waals surface area contributed by atoms with Crippen LogP contribution in [0.4, 0.5) is 0 Å². The molecular formula is C16H18N4O2S. The molecule has 2 aromatic rings. The van der Waals surface area contributed by atoms with Crippen molar-refractivity contribution >= 4 is 23.2 Å². The van der Waals surface area contributed by atoms with Crippen molar-refractivity contribution in [3.8, 4) is 0 Å². The Morgan fingerprint density at radius 3 is 2.57 bits per heavy atom. The summed E-state index contributed by atoms with van der Waals surface area (Å²) < 4.78 is 0. The molecule has 6 nitrogen and oxygen atoms in total. The number of aryl methyl sites for hydroxylation is 1. The Morgan fingerprint density at radius 1 is 1.17 bits per heavy atom. The van der Waals surface area contributed by atoms with Crippen molar-refractivity contribution < 1.29 is 9.59 Å². The zero-order chi connectivity index (χ0) is 16.4. The van der Waals surface area contributed by atoms with Crippen LogP contribution in [0.25, 0.3) is 0 Å². The van der Waals surface area contributed by atoms with Gasteiger partial charge in [0.15, 0.2) is 0 Å². The normalized spacial score (nSPS) is 18.6. The number of benzene rings is 1. The first-order valence-corrected chi connectivity index (χ1v) is 8.27. The van der Waals surface area contributed by atoms with E-state index in [0.29, 0.717) is 13.1 Å². The lowest BCUT2D eigenvalue weighted by Crippen LogP contribution is -2.57. The van der Waals surface area contributed by atoms with Crippen LogP contribution in [0.5, 0.6) is 0 Å². The molecule has 2 amide bonds. The van der Waals surface area contributed by atoms with Gasteiger partial charge < -0.3 is 9.80 Å². The van der Waals surface area contributed by atoms with Crippen LogP contribution in [0.15, 0.2) is 30.3 Å². The van der Waals surface area contributed by atoms with Crippen molar-refractivity contribution in [3.63, 3.8) is 0 Å². The molecule has 1 atom stereocenters. The fourth-order valence-corrected chi connectivity index (χ4v) is 3.36. The maximum absolute atomic E-state index is 12.6. The number of nitrogens with zero attached hydrogens (tertiary/aromatic N) is 4. The summed E-state index contributed by atoms with van der Waals surface area (Å²) in [5.41, 5.74) is 1.02. The van der Waals surface area contributed by atoms with Gasteiger partial charge in [-0.05, 0) is 19.4 Å². The highest BCUT2D eigenvalue weighted by Crippen LogP contribution is 2.19. The fourth-order valence-electron chi connectivity index (χ4n) is 2.66. The van der Waals surface area contributed by atoms with Gasteiger partial charge >= 0.3 is 0 Å². The minimum absolute atomic E-state index is 0.0327. The van der Waals surface area contributed by atoms with Gasteiger partial charge in [0.25, 0.3) is 0 Å². The number of hydrogen-bond acceptors (Lipinski definition) is 5. The summed E-state index contributed by atoms with van der Waals surface area (Å²) in [5.74, 6) is -0.0874. The molecule has 0 bridgehead atoms. The molecule has 1 aromatic carbocycles. The Kier molecular flexibility index (Phi) is 4.38. The van der Waals surface area contributed by atoms with Crippen molar-refractivity contribution in [3.05, 3.63) is 45.9 Å². The standard InChI is InChI=1S/C16H18N4O2S/c1-11-16(22)19(8-13-6-4-3-5-7-13)10-15(21)20(11)9-14-18-17-12(2)23-14/h3-7,11H,8-10H2,1-2H3/t11-/m0/s1. The summed E-state index contributed by atoms with van der Waals surface area (Å²) in [5, 5.41) is 9.61. The maximum Gasteiger partial charge on any atom is 0.245 e. The van der Waals surface area contributed by atoms with E-state index in [-0.39, 0.29) is 18.4 Å². The number of carbonyl (C=O) groups is 2. The minimum atomic E-state index is -0.482. The van der Waals surface area contributed by atoms with Crippen LogP contribution >= 0.6 is 11.3 Å². The van der Waals surface area contributed by atoms with E-state index in [1.807, 2.05) is 37.3 Å².